The number of hydrogen-bond donors (Lipinski definition) is 2. The Morgan fingerprint density at radius 2 is 2.25 bits per heavy atom. The highest BCUT2D eigenvalue weighted by atomic mass is 16.1. The first-order valence-electron chi connectivity index (χ1n) is 7.20. The van der Waals surface area contributed by atoms with Crippen LogP contribution >= 0.6 is 0 Å². The van der Waals surface area contributed by atoms with Crippen molar-refractivity contribution in [3.63, 3.8) is 0 Å². The molecule has 2 unspecified atom stereocenters. The van der Waals surface area contributed by atoms with Crippen LogP contribution in [0.15, 0.2) is 30.5 Å². The topological polar surface area (TPSA) is 48.1 Å². The van der Waals surface area contributed by atoms with Gasteiger partial charge in [0, 0.05) is 35.2 Å². The molecule has 1 fully saturated rings. The molecule has 3 rings (SSSR count). The van der Waals surface area contributed by atoms with Crippen molar-refractivity contribution in [1.82, 2.24) is 15.2 Å². The monoisotopic (exact) mass is 271 g/mol. The van der Waals surface area contributed by atoms with Crippen LogP contribution in [0.1, 0.15) is 23.7 Å². The number of H-pyrrole nitrogens is 1. The van der Waals surface area contributed by atoms with Gasteiger partial charge in [-0.15, -0.1) is 0 Å². The lowest BCUT2D eigenvalue weighted by Gasteiger charge is -2.35. The fourth-order valence-corrected chi connectivity index (χ4v) is 3.01. The largest absolute Gasteiger partial charge is 0.361 e. The standard InChI is InChI=1S/C16H21N3O/c1-11-10-19(2)8-6-14(11)18-16(20)13-3-4-15-12(9-13)5-7-17-15/h3-5,7,9,11,14,17H,6,8,10H2,1-2H3,(H,18,20). The van der Waals surface area contributed by atoms with Gasteiger partial charge in [0.2, 0.25) is 0 Å². The fourth-order valence-electron chi connectivity index (χ4n) is 3.01. The van der Waals surface area contributed by atoms with Gasteiger partial charge in [-0.25, -0.2) is 0 Å². The molecular weight excluding hydrogens is 250 g/mol. The maximum atomic E-state index is 12.4. The van der Waals surface area contributed by atoms with Gasteiger partial charge >= 0.3 is 0 Å². The van der Waals surface area contributed by atoms with Crippen molar-refractivity contribution < 1.29 is 4.79 Å². The summed E-state index contributed by atoms with van der Waals surface area (Å²) in [7, 11) is 2.13. The quantitative estimate of drug-likeness (QED) is 0.880. The maximum Gasteiger partial charge on any atom is 0.251 e. The van der Waals surface area contributed by atoms with Gasteiger partial charge in [0.05, 0.1) is 0 Å². The average molecular weight is 271 g/mol. The van der Waals surface area contributed by atoms with E-state index in [2.05, 4.69) is 29.2 Å². The first-order valence-corrected chi connectivity index (χ1v) is 7.20. The molecule has 1 saturated heterocycles. The lowest BCUT2D eigenvalue weighted by molar-refractivity contribution is 0.0884. The number of rotatable bonds is 2. The van der Waals surface area contributed by atoms with Crippen molar-refractivity contribution >= 4 is 16.8 Å². The van der Waals surface area contributed by atoms with Crippen LogP contribution in [0.4, 0.5) is 0 Å². The van der Waals surface area contributed by atoms with Crippen LogP contribution in [0.2, 0.25) is 0 Å². The van der Waals surface area contributed by atoms with Crippen LogP contribution in [0, 0.1) is 5.92 Å². The van der Waals surface area contributed by atoms with Crippen LogP contribution in [0.3, 0.4) is 0 Å². The van der Waals surface area contributed by atoms with E-state index in [1.54, 1.807) is 0 Å². The summed E-state index contributed by atoms with van der Waals surface area (Å²) >= 11 is 0. The van der Waals surface area contributed by atoms with E-state index in [9.17, 15) is 4.79 Å². The van der Waals surface area contributed by atoms with E-state index >= 15 is 0 Å². The SMILES string of the molecule is CC1CN(C)CCC1NC(=O)c1ccc2[nH]ccc2c1. The lowest BCUT2D eigenvalue weighted by atomic mass is 9.94. The van der Waals surface area contributed by atoms with Crippen molar-refractivity contribution in [3.05, 3.63) is 36.0 Å². The number of nitrogens with one attached hydrogen (secondary N) is 2. The number of benzene rings is 1. The number of aromatic nitrogens is 1. The Balaban J connectivity index is 1.72. The minimum atomic E-state index is 0.0366. The second-order valence-corrected chi connectivity index (χ2v) is 5.89. The first-order chi connectivity index (χ1) is 9.63. The predicted octanol–water partition coefficient (Wildman–Crippen LogP) is 2.24. The zero-order valence-electron chi connectivity index (χ0n) is 12.0. The summed E-state index contributed by atoms with van der Waals surface area (Å²) in [5.74, 6) is 0.531. The van der Waals surface area contributed by atoms with E-state index in [1.165, 1.54) is 0 Å². The molecule has 2 aromatic rings. The highest BCUT2D eigenvalue weighted by molar-refractivity contribution is 5.98. The van der Waals surface area contributed by atoms with E-state index in [1.807, 2.05) is 30.5 Å². The summed E-state index contributed by atoms with van der Waals surface area (Å²) in [6.07, 6.45) is 2.92. The molecule has 0 aliphatic carbocycles. The van der Waals surface area contributed by atoms with Crippen LogP contribution in [0.5, 0.6) is 0 Å². The van der Waals surface area contributed by atoms with E-state index in [0.29, 0.717) is 5.92 Å². The van der Waals surface area contributed by atoms with Crippen LogP contribution in [0.25, 0.3) is 10.9 Å². The Morgan fingerprint density at radius 1 is 1.40 bits per heavy atom. The fraction of sp³-hybridized carbons (Fsp3) is 0.438. The van der Waals surface area contributed by atoms with Crippen LogP contribution in [-0.4, -0.2) is 42.0 Å². The van der Waals surface area contributed by atoms with Gasteiger partial charge in [-0.3, -0.25) is 4.79 Å². The van der Waals surface area contributed by atoms with Gasteiger partial charge in [-0.2, -0.15) is 0 Å². The van der Waals surface area contributed by atoms with Gasteiger partial charge in [-0.1, -0.05) is 6.92 Å². The third-order valence-electron chi connectivity index (χ3n) is 4.24. The van der Waals surface area contributed by atoms with E-state index < -0.39 is 0 Å². The predicted molar refractivity (Wildman–Crippen MR) is 80.8 cm³/mol. The molecule has 4 nitrogen and oxygen atoms in total. The van der Waals surface area contributed by atoms with E-state index in [-0.39, 0.29) is 11.9 Å². The number of amides is 1. The molecule has 2 N–H and O–H groups in total. The van der Waals surface area contributed by atoms with Gasteiger partial charge in [0.15, 0.2) is 0 Å². The number of nitrogens with zero attached hydrogens (tertiary/aromatic N) is 1. The van der Waals surface area contributed by atoms with Gasteiger partial charge in [0.25, 0.3) is 5.91 Å². The Hall–Kier alpha value is -1.81. The highest BCUT2D eigenvalue weighted by Gasteiger charge is 2.25. The molecule has 1 aliphatic heterocycles. The Kier molecular flexibility index (Phi) is 3.49. The molecule has 4 heteroatoms. The number of aromatic amines is 1. The summed E-state index contributed by atoms with van der Waals surface area (Å²) in [5, 5.41) is 4.26. The smallest absolute Gasteiger partial charge is 0.251 e. The molecule has 106 valence electrons. The van der Waals surface area contributed by atoms with Crippen LogP contribution < -0.4 is 5.32 Å². The zero-order chi connectivity index (χ0) is 14.1. The van der Waals surface area contributed by atoms with Crippen molar-refractivity contribution in [3.8, 4) is 0 Å². The van der Waals surface area contributed by atoms with Crippen molar-refractivity contribution in [2.24, 2.45) is 5.92 Å². The zero-order valence-corrected chi connectivity index (χ0v) is 12.0. The first kappa shape index (κ1) is 13.2. The molecule has 1 aromatic heterocycles. The minimum Gasteiger partial charge on any atom is -0.361 e. The molecular formula is C16H21N3O. The molecule has 1 aliphatic rings. The normalized spacial score (nSPS) is 23.9. The molecule has 0 radical (unpaired) electrons. The molecule has 2 heterocycles. The third-order valence-corrected chi connectivity index (χ3v) is 4.24. The van der Waals surface area contributed by atoms with Gasteiger partial charge in [-0.05, 0) is 50.2 Å². The number of fused-ring (bicyclic) bond motifs is 1. The molecule has 20 heavy (non-hydrogen) atoms. The third kappa shape index (κ3) is 2.56. The van der Waals surface area contributed by atoms with Crippen molar-refractivity contribution in [1.29, 1.82) is 0 Å². The molecule has 0 bridgehead atoms. The maximum absolute atomic E-state index is 12.4. The number of hydrogen-bond acceptors (Lipinski definition) is 2. The minimum absolute atomic E-state index is 0.0366. The van der Waals surface area contributed by atoms with Gasteiger partial charge < -0.3 is 15.2 Å². The number of piperidine rings is 1. The number of carbonyl (C=O) groups excluding carboxylic acids is 1. The van der Waals surface area contributed by atoms with Crippen LogP contribution in [-0.2, 0) is 0 Å². The van der Waals surface area contributed by atoms with Crippen molar-refractivity contribution in [2.45, 2.75) is 19.4 Å². The molecule has 1 aromatic carbocycles. The number of likely N-dealkylation sites (tertiary alicyclic amines) is 1. The molecule has 1 amide bonds. The molecule has 0 spiro atoms. The van der Waals surface area contributed by atoms with E-state index in [4.69, 9.17) is 0 Å². The Labute approximate surface area is 119 Å². The summed E-state index contributed by atoms with van der Waals surface area (Å²) < 4.78 is 0. The summed E-state index contributed by atoms with van der Waals surface area (Å²) in [4.78, 5) is 17.8. The van der Waals surface area contributed by atoms with Gasteiger partial charge in [0.1, 0.15) is 0 Å². The van der Waals surface area contributed by atoms with Crippen molar-refractivity contribution in [2.75, 3.05) is 20.1 Å². The Morgan fingerprint density at radius 3 is 3.05 bits per heavy atom. The second kappa shape index (κ2) is 5.29. The molecule has 0 saturated carbocycles. The highest BCUT2D eigenvalue weighted by Crippen LogP contribution is 2.18. The Bertz CT molecular complexity index is 619. The summed E-state index contributed by atoms with van der Waals surface area (Å²) in [6.45, 7) is 4.30. The van der Waals surface area contributed by atoms with E-state index in [0.717, 1.165) is 36.0 Å². The lowest BCUT2D eigenvalue weighted by Crippen LogP contribution is -2.48. The number of carbonyl (C=O) groups is 1. The summed E-state index contributed by atoms with van der Waals surface area (Å²) in [5.41, 5.74) is 1.80. The second-order valence-electron chi connectivity index (χ2n) is 5.89. The average Bonchev–Trinajstić information content (AvgIpc) is 2.89. The molecule has 2 atom stereocenters. The summed E-state index contributed by atoms with van der Waals surface area (Å²) in [6, 6.07) is 8.06.